The van der Waals surface area contributed by atoms with Crippen LogP contribution in [-0.4, -0.2) is 23.9 Å². The number of nitrogens with zero attached hydrogens (tertiary/aromatic N) is 1. The molecular formula is C13H16BrN3O2. The smallest absolute Gasteiger partial charge is 0.251 e. The highest BCUT2D eigenvalue weighted by molar-refractivity contribution is 9.10. The maximum atomic E-state index is 11.9. The third kappa shape index (κ3) is 2.50. The van der Waals surface area contributed by atoms with Gasteiger partial charge in [-0.1, -0.05) is 6.07 Å². The van der Waals surface area contributed by atoms with E-state index in [4.69, 9.17) is 5.73 Å². The van der Waals surface area contributed by atoms with Gasteiger partial charge in [-0.15, -0.1) is 0 Å². The SMILES string of the molecule is CC1(C)C(=O)NC(=O)CN1c1ccc(CN)cc1Br. The van der Waals surface area contributed by atoms with Crippen LogP contribution in [0.25, 0.3) is 0 Å². The fraction of sp³-hybridized carbons (Fsp3) is 0.385. The molecule has 102 valence electrons. The van der Waals surface area contributed by atoms with Crippen LogP contribution in [0.2, 0.25) is 0 Å². The molecule has 0 unspecified atom stereocenters. The Morgan fingerprint density at radius 3 is 2.68 bits per heavy atom. The van der Waals surface area contributed by atoms with E-state index in [1.54, 1.807) is 18.7 Å². The first kappa shape index (κ1) is 14.0. The van der Waals surface area contributed by atoms with Gasteiger partial charge in [0, 0.05) is 11.0 Å². The van der Waals surface area contributed by atoms with Gasteiger partial charge in [-0.2, -0.15) is 0 Å². The first-order chi connectivity index (χ1) is 8.86. The number of hydrogen-bond donors (Lipinski definition) is 2. The second-order valence-corrected chi connectivity index (χ2v) is 5.87. The Balaban J connectivity index is 2.44. The number of anilines is 1. The molecule has 19 heavy (non-hydrogen) atoms. The molecule has 0 radical (unpaired) electrons. The van der Waals surface area contributed by atoms with Crippen molar-refractivity contribution >= 4 is 33.4 Å². The van der Waals surface area contributed by atoms with Gasteiger partial charge in [-0.25, -0.2) is 0 Å². The first-order valence-corrected chi connectivity index (χ1v) is 6.76. The summed E-state index contributed by atoms with van der Waals surface area (Å²) < 4.78 is 0.825. The number of amides is 2. The molecule has 3 N–H and O–H groups in total. The molecule has 0 aliphatic carbocycles. The molecule has 1 heterocycles. The third-order valence-electron chi connectivity index (χ3n) is 3.32. The van der Waals surface area contributed by atoms with Gasteiger partial charge in [0.25, 0.3) is 5.91 Å². The zero-order valence-corrected chi connectivity index (χ0v) is 12.5. The Kier molecular flexibility index (Phi) is 3.64. The average Bonchev–Trinajstić information content (AvgIpc) is 2.34. The Morgan fingerprint density at radius 2 is 2.11 bits per heavy atom. The molecule has 1 aromatic rings. The van der Waals surface area contributed by atoms with Crippen LogP contribution < -0.4 is 16.0 Å². The lowest BCUT2D eigenvalue weighted by Crippen LogP contribution is -2.64. The lowest BCUT2D eigenvalue weighted by Gasteiger charge is -2.42. The van der Waals surface area contributed by atoms with Crippen molar-refractivity contribution in [2.75, 3.05) is 11.4 Å². The zero-order valence-electron chi connectivity index (χ0n) is 10.9. The Hall–Kier alpha value is -1.40. The zero-order chi connectivity index (χ0) is 14.2. The van der Waals surface area contributed by atoms with E-state index < -0.39 is 5.54 Å². The summed E-state index contributed by atoms with van der Waals surface area (Å²) in [6.07, 6.45) is 0. The van der Waals surface area contributed by atoms with Crippen molar-refractivity contribution in [2.24, 2.45) is 5.73 Å². The first-order valence-electron chi connectivity index (χ1n) is 5.96. The topological polar surface area (TPSA) is 75.4 Å². The van der Waals surface area contributed by atoms with Crippen molar-refractivity contribution in [3.05, 3.63) is 28.2 Å². The number of hydrogen-bond acceptors (Lipinski definition) is 4. The number of nitrogens with one attached hydrogen (secondary N) is 1. The summed E-state index contributed by atoms with van der Waals surface area (Å²) in [5, 5.41) is 2.36. The molecule has 0 saturated carbocycles. The summed E-state index contributed by atoms with van der Waals surface area (Å²) in [6.45, 7) is 4.18. The maximum absolute atomic E-state index is 11.9. The van der Waals surface area contributed by atoms with E-state index in [1.165, 1.54) is 0 Å². The molecular weight excluding hydrogens is 310 g/mol. The van der Waals surface area contributed by atoms with Crippen LogP contribution >= 0.6 is 15.9 Å². The minimum atomic E-state index is -0.777. The van der Waals surface area contributed by atoms with Crippen molar-refractivity contribution in [3.8, 4) is 0 Å². The normalized spacial score (nSPS) is 18.4. The molecule has 1 aromatic carbocycles. The number of piperazine rings is 1. The largest absolute Gasteiger partial charge is 0.347 e. The molecule has 2 rings (SSSR count). The van der Waals surface area contributed by atoms with E-state index in [1.807, 2.05) is 18.2 Å². The summed E-state index contributed by atoms with van der Waals surface area (Å²) >= 11 is 3.47. The summed E-state index contributed by atoms with van der Waals surface area (Å²) in [5.74, 6) is -0.585. The summed E-state index contributed by atoms with van der Waals surface area (Å²) in [6, 6.07) is 5.68. The van der Waals surface area contributed by atoms with Crippen LogP contribution in [-0.2, 0) is 16.1 Å². The highest BCUT2D eigenvalue weighted by Gasteiger charge is 2.41. The Bertz CT molecular complexity index is 543. The highest BCUT2D eigenvalue weighted by Crippen LogP contribution is 2.33. The van der Waals surface area contributed by atoms with E-state index in [9.17, 15) is 9.59 Å². The molecule has 0 atom stereocenters. The lowest BCUT2D eigenvalue weighted by molar-refractivity contribution is -0.135. The molecule has 5 nitrogen and oxygen atoms in total. The predicted octanol–water partition coefficient (Wildman–Crippen LogP) is 1.15. The lowest BCUT2D eigenvalue weighted by atomic mass is 9.97. The highest BCUT2D eigenvalue weighted by atomic mass is 79.9. The summed E-state index contributed by atoms with van der Waals surface area (Å²) in [4.78, 5) is 25.3. The third-order valence-corrected chi connectivity index (χ3v) is 3.96. The quantitative estimate of drug-likeness (QED) is 0.800. The molecule has 0 aromatic heterocycles. The number of carbonyl (C=O) groups excluding carboxylic acids is 2. The molecule has 2 amide bonds. The van der Waals surface area contributed by atoms with Crippen molar-refractivity contribution in [1.29, 1.82) is 0 Å². The van der Waals surface area contributed by atoms with Crippen LogP contribution in [0.5, 0.6) is 0 Å². The molecule has 1 fully saturated rings. The van der Waals surface area contributed by atoms with Crippen LogP contribution in [0.1, 0.15) is 19.4 Å². The van der Waals surface area contributed by atoms with Gasteiger partial charge < -0.3 is 10.6 Å². The number of rotatable bonds is 2. The number of nitrogens with two attached hydrogens (primary N) is 1. The van der Waals surface area contributed by atoms with Gasteiger partial charge in [-0.3, -0.25) is 14.9 Å². The van der Waals surface area contributed by atoms with Gasteiger partial charge in [0.1, 0.15) is 5.54 Å². The van der Waals surface area contributed by atoms with Crippen LogP contribution in [0.3, 0.4) is 0 Å². The van der Waals surface area contributed by atoms with E-state index >= 15 is 0 Å². The number of benzene rings is 1. The maximum Gasteiger partial charge on any atom is 0.251 e. The summed E-state index contributed by atoms with van der Waals surface area (Å²) in [7, 11) is 0. The number of halogens is 1. The van der Waals surface area contributed by atoms with Crippen LogP contribution in [0.4, 0.5) is 5.69 Å². The second kappa shape index (κ2) is 4.94. The standard InChI is InChI=1S/C13H16BrN3O2/c1-13(2)12(19)16-11(18)7-17(13)10-4-3-8(6-15)5-9(10)14/h3-5H,6-7,15H2,1-2H3,(H,16,18,19). The Labute approximate surface area is 120 Å². The predicted molar refractivity (Wildman–Crippen MR) is 76.6 cm³/mol. The fourth-order valence-corrected chi connectivity index (χ4v) is 2.71. The minimum Gasteiger partial charge on any atom is -0.347 e. The van der Waals surface area contributed by atoms with Gasteiger partial charge in [0.2, 0.25) is 5.91 Å². The van der Waals surface area contributed by atoms with Gasteiger partial charge >= 0.3 is 0 Å². The van der Waals surface area contributed by atoms with E-state index in [0.29, 0.717) is 6.54 Å². The van der Waals surface area contributed by atoms with Crippen LogP contribution in [0.15, 0.2) is 22.7 Å². The monoisotopic (exact) mass is 325 g/mol. The second-order valence-electron chi connectivity index (χ2n) is 5.01. The van der Waals surface area contributed by atoms with Gasteiger partial charge in [-0.05, 0) is 47.5 Å². The number of imide groups is 1. The molecule has 6 heteroatoms. The van der Waals surface area contributed by atoms with Gasteiger partial charge in [0.15, 0.2) is 0 Å². The van der Waals surface area contributed by atoms with Crippen molar-refractivity contribution in [3.63, 3.8) is 0 Å². The average molecular weight is 326 g/mol. The van der Waals surface area contributed by atoms with E-state index in [0.717, 1.165) is 15.7 Å². The van der Waals surface area contributed by atoms with Gasteiger partial charge in [0.05, 0.1) is 12.2 Å². The van der Waals surface area contributed by atoms with Crippen molar-refractivity contribution in [1.82, 2.24) is 5.32 Å². The minimum absolute atomic E-state index is 0.152. The van der Waals surface area contributed by atoms with Crippen LogP contribution in [0, 0.1) is 0 Å². The van der Waals surface area contributed by atoms with E-state index in [-0.39, 0.29) is 18.4 Å². The molecule has 1 aliphatic rings. The number of carbonyl (C=O) groups is 2. The van der Waals surface area contributed by atoms with Crippen molar-refractivity contribution in [2.45, 2.75) is 25.9 Å². The molecule has 0 spiro atoms. The fourth-order valence-electron chi connectivity index (χ4n) is 2.07. The van der Waals surface area contributed by atoms with E-state index in [2.05, 4.69) is 21.2 Å². The van der Waals surface area contributed by atoms with Crippen molar-refractivity contribution < 1.29 is 9.59 Å². The molecule has 1 saturated heterocycles. The Morgan fingerprint density at radius 1 is 1.42 bits per heavy atom. The summed E-state index contributed by atoms with van der Waals surface area (Å²) in [5.41, 5.74) is 6.61. The molecule has 0 bridgehead atoms. The molecule has 1 aliphatic heterocycles.